The maximum Gasteiger partial charge on any atom is 0.319 e. The van der Waals surface area contributed by atoms with Gasteiger partial charge in [-0.2, -0.15) is 4.98 Å². The van der Waals surface area contributed by atoms with E-state index in [2.05, 4.69) is 26.9 Å². The van der Waals surface area contributed by atoms with Crippen LogP contribution >= 0.6 is 0 Å². The fourth-order valence-electron chi connectivity index (χ4n) is 3.75. The molecule has 146 valence electrons. The summed E-state index contributed by atoms with van der Waals surface area (Å²) in [5.74, 6) is 0.856. The minimum Gasteiger partial charge on any atom is -0.480 e. The van der Waals surface area contributed by atoms with Crippen LogP contribution in [0.4, 0.5) is 0 Å². The minimum absolute atomic E-state index is 0.0537. The standard InChI is InChI=1S/C20H23N5O3/c1-11-19(26)25(12(2)13-6-5-7-13)15-8-9-21-16(17(15)23-11)14-10-22-20(28-4)24-18(14)27-3/h8-10,12-13H,5-7H2,1-4H3/t12-/m0/s1. The molecule has 0 unspecified atom stereocenters. The number of rotatable bonds is 5. The number of fused-ring (bicyclic) bond motifs is 1. The number of nitrogens with zero attached hydrogens (tertiary/aromatic N) is 5. The normalized spacial score (nSPS) is 15.3. The molecule has 1 saturated carbocycles. The van der Waals surface area contributed by atoms with Crippen molar-refractivity contribution in [2.75, 3.05) is 14.2 Å². The highest BCUT2D eigenvalue weighted by Gasteiger charge is 2.28. The lowest BCUT2D eigenvalue weighted by atomic mass is 9.80. The van der Waals surface area contributed by atoms with Crippen LogP contribution in [0.25, 0.3) is 22.3 Å². The Bertz CT molecular complexity index is 1090. The van der Waals surface area contributed by atoms with Gasteiger partial charge in [-0.05, 0) is 38.7 Å². The molecule has 4 rings (SSSR count). The van der Waals surface area contributed by atoms with Crippen molar-refractivity contribution in [2.24, 2.45) is 5.92 Å². The van der Waals surface area contributed by atoms with Crippen molar-refractivity contribution >= 4 is 11.0 Å². The van der Waals surface area contributed by atoms with Crippen LogP contribution in [0, 0.1) is 12.8 Å². The molecule has 0 spiro atoms. The Hall–Kier alpha value is -3.03. The Morgan fingerprint density at radius 2 is 1.96 bits per heavy atom. The summed E-state index contributed by atoms with van der Waals surface area (Å²) in [6.45, 7) is 3.85. The predicted octanol–water partition coefficient (Wildman–Crippen LogP) is 2.94. The number of pyridine rings is 1. The highest BCUT2D eigenvalue weighted by Crippen LogP contribution is 2.37. The zero-order valence-corrected chi connectivity index (χ0v) is 16.5. The highest BCUT2D eigenvalue weighted by atomic mass is 16.5. The van der Waals surface area contributed by atoms with E-state index in [1.54, 1.807) is 19.3 Å². The van der Waals surface area contributed by atoms with E-state index in [0.29, 0.717) is 34.3 Å². The molecule has 3 heterocycles. The monoisotopic (exact) mass is 381 g/mol. The SMILES string of the molecule is COc1ncc(-c2nccc3c2nc(C)c(=O)n3[C@@H](C)C2CCC2)c(OC)n1. The molecule has 1 atom stereocenters. The maximum absolute atomic E-state index is 12.9. The summed E-state index contributed by atoms with van der Waals surface area (Å²) in [6, 6.07) is 2.16. The molecule has 0 radical (unpaired) electrons. The molecule has 0 N–H and O–H groups in total. The molecule has 8 heteroatoms. The third-order valence-electron chi connectivity index (χ3n) is 5.57. The Kier molecular flexibility index (Phi) is 4.70. The summed E-state index contributed by atoms with van der Waals surface area (Å²) in [7, 11) is 3.03. The first-order valence-electron chi connectivity index (χ1n) is 9.38. The quantitative estimate of drug-likeness (QED) is 0.671. The Morgan fingerprint density at radius 1 is 1.18 bits per heavy atom. The topological polar surface area (TPSA) is 92.0 Å². The maximum atomic E-state index is 12.9. The summed E-state index contributed by atoms with van der Waals surface area (Å²) < 4.78 is 12.4. The van der Waals surface area contributed by atoms with Crippen LogP contribution in [0.3, 0.4) is 0 Å². The van der Waals surface area contributed by atoms with Gasteiger partial charge in [0.15, 0.2) is 0 Å². The molecule has 0 aliphatic heterocycles. The summed E-state index contributed by atoms with van der Waals surface area (Å²) in [5, 5.41) is 0. The van der Waals surface area contributed by atoms with Gasteiger partial charge < -0.3 is 14.0 Å². The molecule has 1 aliphatic carbocycles. The van der Waals surface area contributed by atoms with Crippen LogP contribution in [0.2, 0.25) is 0 Å². The van der Waals surface area contributed by atoms with Crippen LogP contribution in [0.15, 0.2) is 23.3 Å². The summed E-state index contributed by atoms with van der Waals surface area (Å²) in [4.78, 5) is 30.5. The third kappa shape index (κ3) is 2.89. The average molecular weight is 381 g/mol. The van der Waals surface area contributed by atoms with Crippen molar-refractivity contribution in [1.82, 2.24) is 24.5 Å². The van der Waals surface area contributed by atoms with Crippen LogP contribution in [-0.4, -0.2) is 38.7 Å². The molecule has 0 amide bonds. The zero-order valence-electron chi connectivity index (χ0n) is 16.5. The fraction of sp³-hybridized carbons (Fsp3) is 0.450. The van der Waals surface area contributed by atoms with E-state index in [1.165, 1.54) is 20.6 Å². The van der Waals surface area contributed by atoms with E-state index in [-0.39, 0.29) is 17.6 Å². The van der Waals surface area contributed by atoms with Crippen LogP contribution in [0.5, 0.6) is 11.9 Å². The molecule has 8 nitrogen and oxygen atoms in total. The Balaban J connectivity index is 1.97. The first-order chi connectivity index (χ1) is 13.5. The lowest BCUT2D eigenvalue weighted by molar-refractivity contribution is 0.222. The van der Waals surface area contributed by atoms with Crippen molar-refractivity contribution < 1.29 is 9.47 Å². The number of methoxy groups -OCH3 is 2. The van der Waals surface area contributed by atoms with E-state index >= 15 is 0 Å². The molecule has 3 aromatic heterocycles. The van der Waals surface area contributed by atoms with E-state index < -0.39 is 0 Å². The molecule has 28 heavy (non-hydrogen) atoms. The predicted molar refractivity (Wildman–Crippen MR) is 105 cm³/mol. The van der Waals surface area contributed by atoms with E-state index in [4.69, 9.17) is 9.47 Å². The van der Waals surface area contributed by atoms with E-state index in [1.807, 2.05) is 10.6 Å². The van der Waals surface area contributed by atoms with Crippen molar-refractivity contribution in [2.45, 2.75) is 39.2 Å². The molecule has 0 saturated heterocycles. The summed E-state index contributed by atoms with van der Waals surface area (Å²) in [5.41, 5.74) is 2.97. The first-order valence-corrected chi connectivity index (χ1v) is 9.38. The molecular weight excluding hydrogens is 358 g/mol. The van der Waals surface area contributed by atoms with Crippen molar-refractivity contribution in [3.8, 4) is 23.1 Å². The molecule has 0 aromatic carbocycles. The fourth-order valence-corrected chi connectivity index (χ4v) is 3.75. The van der Waals surface area contributed by atoms with Gasteiger partial charge in [-0.25, -0.2) is 9.97 Å². The van der Waals surface area contributed by atoms with Crippen LogP contribution < -0.4 is 15.0 Å². The highest BCUT2D eigenvalue weighted by molar-refractivity contribution is 5.90. The molecule has 1 aliphatic rings. The van der Waals surface area contributed by atoms with Crippen molar-refractivity contribution in [3.05, 3.63) is 34.5 Å². The van der Waals surface area contributed by atoms with Gasteiger partial charge in [0.1, 0.15) is 16.9 Å². The smallest absolute Gasteiger partial charge is 0.319 e. The number of aromatic nitrogens is 5. The molecule has 0 bridgehead atoms. The van der Waals surface area contributed by atoms with E-state index in [9.17, 15) is 4.79 Å². The van der Waals surface area contributed by atoms with Gasteiger partial charge in [-0.3, -0.25) is 9.78 Å². The van der Waals surface area contributed by atoms with Gasteiger partial charge in [-0.15, -0.1) is 0 Å². The summed E-state index contributed by atoms with van der Waals surface area (Å²) in [6.07, 6.45) is 6.80. The minimum atomic E-state index is -0.0537. The lowest BCUT2D eigenvalue weighted by Gasteiger charge is -2.33. The Labute approximate surface area is 162 Å². The Morgan fingerprint density at radius 3 is 2.61 bits per heavy atom. The number of hydrogen-bond donors (Lipinski definition) is 0. The second-order valence-electron chi connectivity index (χ2n) is 7.11. The lowest BCUT2D eigenvalue weighted by Crippen LogP contribution is -2.33. The molecule has 3 aromatic rings. The second kappa shape index (κ2) is 7.18. The average Bonchev–Trinajstić information content (AvgIpc) is 2.66. The number of aryl methyl sites for hydroxylation is 1. The van der Waals surface area contributed by atoms with Gasteiger partial charge in [0.2, 0.25) is 5.88 Å². The first kappa shape index (κ1) is 18.3. The van der Waals surface area contributed by atoms with Gasteiger partial charge in [-0.1, -0.05) is 6.42 Å². The molecular formula is C20H23N5O3. The largest absolute Gasteiger partial charge is 0.480 e. The molecule has 1 fully saturated rings. The third-order valence-corrected chi connectivity index (χ3v) is 5.57. The zero-order chi connectivity index (χ0) is 19.8. The van der Waals surface area contributed by atoms with Crippen LogP contribution in [0.1, 0.15) is 37.9 Å². The van der Waals surface area contributed by atoms with E-state index in [0.717, 1.165) is 18.4 Å². The van der Waals surface area contributed by atoms with Crippen molar-refractivity contribution in [1.29, 1.82) is 0 Å². The van der Waals surface area contributed by atoms with Gasteiger partial charge in [0, 0.05) is 18.4 Å². The van der Waals surface area contributed by atoms with Crippen molar-refractivity contribution in [3.63, 3.8) is 0 Å². The van der Waals surface area contributed by atoms with Gasteiger partial charge in [0.25, 0.3) is 5.56 Å². The number of hydrogen-bond acceptors (Lipinski definition) is 7. The van der Waals surface area contributed by atoms with Crippen LogP contribution in [-0.2, 0) is 0 Å². The van der Waals surface area contributed by atoms with Gasteiger partial charge in [0.05, 0.1) is 25.3 Å². The van der Waals surface area contributed by atoms with Gasteiger partial charge >= 0.3 is 6.01 Å². The number of ether oxygens (including phenoxy) is 2. The second-order valence-corrected chi connectivity index (χ2v) is 7.11. The summed E-state index contributed by atoms with van der Waals surface area (Å²) >= 11 is 0.